The van der Waals surface area contributed by atoms with Crippen LogP contribution < -0.4 is 10.6 Å². The summed E-state index contributed by atoms with van der Waals surface area (Å²) in [7, 11) is 0. The lowest BCUT2D eigenvalue weighted by atomic mass is 9.98. The van der Waals surface area contributed by atoms with Gasteiger partial charge in [0.1, 0.15) is 11.8 Å². The monoisotopic (exact) mass is 1200 g/mol. The Morgan fingerprint density at radius 3 is 1.26 bits per heavy atom. The Balaban J connectivity index is 0.000000186. The molecule has 19 heteroatoms. The fourth-order valence-electron chi connectivity index (χ4n) is 11.0. The number of aryl methyl sites for hydroxylation is 6. The van der Waals surface area contributed by atoms with Gasteiger partial charge in [0.25, 0.3) is 0 Å². The summed E-state index contributed by atoms with van der Waals surface area (Å²) in [6, 6.07) is 22.6. The summed E-state index contributed by atoms with van der Waals surface area (Å²) in [6.45, 7) is 18.1. The van der Waals surface area contributed by atoms with E-state index in [0.717, 1.165) is 62.6 Å². The molecule has 84 heavy (non-hydrogen) atoms. The molecule has 9 rings (SSSR count). The average molecular weight is 1200 g/mol. The molecule has 0 radical (unpaired) electrons. The number of carbonyl (C=O) groups is 6. The van der Waals surface area contributed by atoms with Crippen molar-refractivity contribution in [3.63, 3.8) is 0 Å². The number of Topliss-reactive ketones (excluding diaryl/α,β-unsaturated/α-hetero) is 3. The third-order valence-corrected chi connectivity index (χ3v) is 18.7. The zero-order valence-corrected chi connectivity index (χ0v) is 52.3. The van der Waals surface area contributed by atoms with E-state index in [4.69, 9.17) is 0 Å². The predicted molar refractivity (Wildman–Crippen MR) is 333 cm³/mol. The number of hydrogen-bond acceptors (Lipinski definition) is 16. The molecule has 0 spiro atoms. The first-order chi connectivity index (χ1) is 40.1. The van der Waals surface area contributed by atoms with Crippen LogP contribution in [0.4, 0.5) is 0 Å². The topological polar surface area (TPSA) is 232 Å². The number of ketones is 3. The van der Waals surface area contributed by atoms with Gasteiger partial charge in [-0.1, -0.05) is 107 Å². The smallest absolute Gasteiger partial charge is 0.245 e. The quantitative estimate of drug-likeness (QED) is 0.0453. The molecule has 3 aliphatic rings. The largest absolute Gasteiger partial charge is 0.392 e. The fraction of sp³-hybridized carbons (Fsp3) is 0.492. The second-order valence-corrected chi connectivity index (χ2v) is 25.9. The number of aliphatic hydroxyl groups is 3. The summed E-state index contributed by atoms with van der Waals surface area (Å²) in [5.41, 5.74) is 15.3. The van der Waals surface area contributed by atoms with Crippen molar-refractivity contribution in [3.8, 4) is 31.3 Å². The number of rotatable bonds is 21. The van der Waals surface area contributed by atoms with Crippen molar-refractivity contribution in [1.29, 1.82) is 0 Å². The van der Waals surface area contributed by atoms with Gasteiger partial charge >= 0.3 is 0 Å². The van der Waals surface area contributed by atoms with Gasteiger partial charge in [-0.25, -0.2) is 15.0 Å². The SMILES string of the molecule is Cc1ncsc1-c1ccc(CCC(=O)[C@@H]2C[C@@H](O)CN2)cc1.Cc1ncsc1-c1ccc(CCC(=O)[C@@H]2C[C@@H](O)CN2C(=O)C(C)C)cc1.Cc1ncsc1-c1ccc(CCC(=O)[C@@H]2C[C@@H](O)CN2C(=O)[C@H](C)NC(=O)[C@@H](C)CC(C)C)cc1. The standard InChI is InChI=1S/C27H37N3O4S.C21H26N2O3S.C17H20N2O2S/c1-16(2)12-17(3)26(33)29-19(5)27(34)30-14-22(31)13-23(30)24(32)11-8-20-6-9-21(10-7-20)25-18(4)28-15-35-25;1-13(2)21(26)23-11-17(24)10-18(23)19(25)9-6-15-4-7-16(8-5-15)20-14(3)22-12-27-20;1-11-17(22-10-19-11)13-5-2-12(3-6-13)4-7-16(21)15-8-14(20)9-18-15/h6-7,9-10,15-17,19,22-23,31H,8,11-14H2,1-5H3,(H,29,33);4-5,7-8,12-13,17-18,24H,6,9-11H2,1-3H3;2-3,5-6,10,14-15,18,20H,4,7-9H2,1H3/t17-,19-,22+,23-;17-,18+;14-,15+/m011/s1. The fourth-order valence-corrected chi connectivity index (χ4v) is 13.4. The Hall–Kier alpha value is -6.19. The van der Waals surface area contributed by atoms with Gasteiger partial charge in [-0.2, -0.15) is 0 Å². The van der Waals surface area contributed by atoms with Crippen molar-refractivity contribution in [2.45, 2.75) is 169 Å². The molecule has 0 aliphatic carbocycles. The Kier molecular flexibility index (Phi) is 23.9. The highest BCUT2D eigenvalue weighted by atomic mass is 32.1. The lowest BCUT2D eigenvalue weighted by molar-refractivity contribution is -0.141. The van der Waals surface area contributed by atoms with Gasteiger partial charge in [-0.3, -0.25) is 28.8 Å². The molecule has 16 nitrogen and oxygen atoms in total. The number of nitrogens with zero attached hydrogens (tertiary/aromatic N) is 5. The van der Waals surface area contributed by atoms with Crippen LogP contribution in [0.3, 0.4) is 0 Å². The molecule has 3 aromatic carbocycles. The van der Waals surface area contributed by atoms with Crippen molar-refractivity contribution >= 4 is 69.1 Å². The highest BCUT2D eigenvalue weighted by Gasteiger charge is 2.41. The molecular formula is C65H83N7O9S3. The maximum Gasteiger partial charge on any atom is 0.245 e. The Bertz CT molecular complexity index is 3160. The van der Waals surface area contributed by atoms with E-state index in [1.807, 2.05) is 94.5 Å². The summed E-state index contributed by atoms with van der Waals surface area (Å²) in [6.07, 6.45) is 3.26. The van der Waals surface area contributed by atoms with Crippen LogP contribution in [-0.2, 0) is 48.0 Å². The lowest BCUT2D eigenvalue weighted by Gasteiger charge is -2.27. The van der Waals surface area contributed by atoms with E-state index in [2.05, 4.69) is 75.8 Å². The first-order valence-electron chi connectivity index (χ1n) is 29.3. The number of aromatic nitrogens is 3. The predicted octanol–water partition coefficient (Wildman–Crippen LogP) is 9.35. The summed E-state index contributed by atoms with van der Waals surface area (Å²) >= 11 is 4.87. The molecule has 3 amide bonds. The maximum atomic E-state index is 13.1. The zero-order valence-electron chi connectivity index (χ0n) is 49.9. The molecule has 3 aliphatic heterocycles. The number of benzene rings is 3. The van der Waals surface area contributed by atoms with Crippen LogP contribution in [0.15, 0.2) is 89.3 Å². The van der Waals surface area contributed by atoms with Crippen LogP contribution in [0.1, 0.15) is 120 Å². The number of likely N-dealkylation sites (tertiary alicyclic amines) is 2. The van der Waals surface area contributed by atoms with E-state index in [1.165, 1.54) is 20.2 Å². The number of carbonyl (C=O) groups excluding carboxylic acids is 6. The van der Waals surface area contributed by atoms with Crippen molar-refractivity contribution in [2.24, 2.45) is 17.8 Å². The highest BCUT2D eigenvalue weighted by molar-refractivity contribution is 7.14. The van der Waals surface area contributed by atoms with Gasteiger partial charge in [0.2, 0.25) is 17.7 Å². The van der Waals surface area contributed by atoms with Crippen LogP contribution in [0, 0.1) is 38.5 Å². The number of thiazole rings is 3. The number of nitrogens with one attached hydrogen (secondary N) is 2. The molecule has 0 saturated carbocycles. The minimum absolute atomic E-state index is 0.0305. The van der Waals surface area contributed by atoms with Crippen LogP contribution in [0.5, 0.6) is 0 Å². The third-order valence-electron chi connectivity index (χ3n) is 15.7. The average Bonchev–Trinajstić information content (AvgIpc) is 4.32. The van der Waals surface area contributed by atoms with Crippen LogP contribution in [0.2, 0.25) is 0 Å². The van der Waals surface area contributed by atoms with E-state index in [9.17, 15) is 44.1 Å². The Morgan fingerprint density at radius 1 is 0.548 bits per heavy atom. The Labute approximate surface area is 506 Å². The summed E-state index contributed by atoms with van der Waals surface area (Å²) in [5, 5.41) is 35.5. The molecule has 3 aromatic heterocycles. The molecule has 450 valence electrons. The van der Waals surface area contributed by atoms with Crippen LogP contribution in [-0.4, -0.2) is 137 Å². The van der Waals surface area contributed by atoms with E-state index < -0.39 is 30.3 Å². The van der Waals surface area contributed by atoms with Crippen molar-refractivity contribution in [3.05, 3.63) is 123 Å². The lowest BCUT2D eigenvalue weighted by Crippen LogP contribution is -2.51. The summed E-state index contributed by atoms with van der Waals surface area (Å²) < 4.78 is 0. The second kappa shape index (κ2) is 30.8. The molecule has 0 bridgehead atoms. The van der Waals surface area contributed by atoms with Gasteiger partial charge in [0.15, 0.2) is 11.6 Å². The maximum absolute atomic E-state index is 13.1. The molecule has 6 aromatic rings. The second-order valence-electron chi connectivity index (χ2n) is 23.3. The van der Waals surface area contributed by atoms with Gasteiger partial charge in [0.05, 0.1) is 84.7 Å². The zero-order chi connectivity index (χ0) is 60.8. The van der Waals surface area contributed by atoms with E-state index >= 15 is 0 Å². The number of amides is 3. The first-order valence-corrected chi connectivity index (χ1v) is 32.0. The molecule has 6 heterocycles. The normalized spacial score (nSPS) is 20.0. The van der Waals surface area contributed by atoms with Gasteiger partial charge in [-0.05, 0) is 99.1 Å². The number of β-amino-alcohol motifs (C(OH)–C–C–N with tert-alkyl or cyclic N) is 3. The van der Waals surface area contributed by atoms with Crippen LogP contribution in [0.25, 0.3) is 31.3 Å². The van der Waals surface area contributed by atoms with E-state index in [0.29, 0.717) is 51.0 Å². The van der Waals surface area contributed by atoms with E-state index in [1.54, 1.807) is 45.8 Å². The van der Waals surface area contributed by atoms with Gasteiger partial charge in [-0.15, -0.1) is 34.0 Å². The van der Waals surface area contributed by atoms with Crippen molar-refractivity contribution in [1.82, 2.24) is 35.4 Å². The molecule has 8 atom stereocenters. The third kappa shape index (κ3) is 17.9. The number of aliphatic hydroxyl groups excluding tert-OH is 3. The summed E-state index contributed by atoms with van der Waals surface area (Å²) in [4.78, 5) is 95.0. The first kappa shape index (κ1) is 65.4. The minimum Gasteiger partial charge on any atom is -0.392 e. The molecule has 3 saturated heterocycles. The van der Waals surface area contributed by atoms with Gasteiger partial charge < -0.3 is 35.8 Å². The molecule has 3 fully saturated rings. The summed E-state index contributed by atoms with van der Waals surface area (Å²) in [5.74, 6) is -0.384. The van der Waals surface area contributed by atoms with Gasteiger partial charge in [0, 0.05) is 63.6 Å². The highest BCUT2D eigenvalue weighted by Crippen LogP contribution is 2.31. The molecule has 5 N–H and O–H groups in total. The molecular weight excluding hydrogens is 1120 g/mol. The van der Waals surface area contributed by atoms with Crippen molar-refractivity contribution in [2.75, 3.05) is 19.6 Å². The van der Waals surface area contributed by atoms with Crippen molar-refractivity contribution < 1.29 is 44.1 Å². The Morgan fingerprint density at radius 2 is 0.929 bits per heavy atom. The minimum atomic E-state index is -0.750. The number of hydrogen-bond donors (Lipinski definition) is 5. The van der Waals surface area contributed by atoms with Crippen LogP contribution >= 0.6 is 34.0 Å². The van der Waals surface area contributed by atoms with E-state index in [-0.39, 0.29) is 85.0 Å². The molecule has 0 unspecified atom stereocenters.